The number of amides is 1. The molecule has 1 atom stereocenters. The number of rotatable bonds is 5. The Kier molecular flexibility index (Phi) is 4.81. The first kappa shape index (κ1) is 16.8. The van der Waals surface area contributed by atoms with Crippen LogP contribution < -0.4 is 14.4 Å². The molecule has 5 heteroatoms. The second-order valence-corrected chi connectivity index (χ2v) is 6.61. The molecule has 0 bridgehead atoms. The molecule has 0 saturated heterocycles. The lowest BCUT2D eigenvalue weighted by Gasteiger charge is -2.17. The summed E-state index contributed by atoms with van der Waals surface area (Å²) in [5, 5.41) is 0. The number of anilines is 1. The van der Waals surface area contributed by atoms with E-state index in [9.17, 15) is 4.79 Å². The molecule has 0 aromatic heterocycles. The Bertz CT molecular complexity index is 775. The molecule has 1 amide bonds. The number of likely N-dealkylation sites (N-methyl/N-ethyl adjacent to an activating group) is 1. The van der Waals surface area contributed by atoms with Crippen LogP contribution >= 0.6 is 15.9 Å². The third kappa shape index (κ3) is 2.77. The Morgan fingerprint density at radius 3 is 2.62 bits per heavy atom. The fourth-order valence-corrected chi connectivity index (χ4v) is 3.73. The van der Waals surface area contributed by atoms with Gasteiger partial charge in [-0.2, -0.15) is 0 Å². The van der Waals surface area contributed by atoms with Crippen molar-refractivity contribution in [2.24, 2.45) is 0 Å². The zero-order valence-electron chi connectivity index (χ0n) is 14.0. The van der Waals surface area contributed by atoms with Crippen molar-refractivity contribution in [3.05, 3.63) is 52.0 Å². The molecule has 1 heterocycles. The molecule has 2 aromatic rings. The van der Waals surface area contributed by atoms with Crippen molar-refractivity contribution in [1.29, 1.82) is 0 Å². The highest BCUT2D eigenvalue weighted by Gasteiger charge is 2.37. The number of hydrogen-bond acceptors (Lipinski definition) is 3. The van der Waals surface area contributed by atoms with Crippen LogP contribution in [0.4, 0.5) is 5.69 Å². The normalized spacial score (nSPS) is 16.2. The maximum Gasteiger partial charge on any atom is 0.234 e. The average Bonchev–Trinajstić information content (AvgIpc) is 2.85. The van der Waals surface area contributed by atoms with E-state index in [-0.39, 0.29) is 11.8 Å². The van der Waals surface area contributed by atoms with Gasteiger partial charge in [0.05, 0.1) is 20.1 Å². The minimum Gasteiger partial charge on any atom is -0.493 e. The molecule has 2 aromatic carbocycles. The number of hydrogen-bond donors (Lipinski definition) is 0. The average molecular weight is 390 g/mol. The largest absolute Gasteiger partial charge is 0.493 e. The van der Waals surface area contributed by atoms with Crippen LogP contribution in [-0.2, 0) is 11.2 Å². The maximum absolute atomic E-state index is 12.9. The zero-order chi connectivity index (χ0) is 17.3. The quantitative estimate of drug-likeness (QED) is 0.770. The molecular weight excluding hydrogens is 370 g/mol. The summed E-state index contributed by atoms with van der Waals surface area (Å²) in [7, 11) is 3.24. The van der Waals surface area contributed by atoms with Crippen molar-refractivity contribution < 1.29 is 14.3 Å². The van der Waals surface area contributed by atoms with E-state index < -0.39 is 0 Å². The topological polar surface area (TPSA) is 38.8 Å². The van der Waals surface area contributed by atoms with Gasteiger partial charge in [0.1, 0.15) is 0 Å². The second-order valence-electron chi connectivity index (χ2n) is 5.69. The SMILES string of the molecule is CCN1C(=O)C(Cc2cccc(OC)c2OC)c2cc(Br)ccc21. The summed E-state index contributed by atoms with van der Waals surface area (Å²) in [5.41, 5.74) is 3.03. The van der Waals surface area contributed by atoms with Crippen molar-refractivity contribution >= 4 is 27.5 Å². The van der Waals surface area contributed by atoms with Gasteiger partial charge in [-0.1, -0.05) is 28.1 Å². The number of carbonyl (C=O) groups is 1. The van der Waals surface area contributed by atoms with Gasteiger partial charge in [-0.05, 0) is 48.7 Å². The van der Waals surface area contributed by atoms with Crippen LogP contribution in [0.5, 0.6) is 11.5 Å². The molecule has 1 aliphatic rings. The van der Waals surface area contributed by atoms with E-state index in [1.54, 1.807) is 14.2 Å². The summed E-state index contributed by atoms with van der Waals surface area (Å²) in [6.07, 6.45) is 0.583. The second kappa shape index (κ2) is 6.85. The van der Waals surface area contributed by atoms with Gasteiger partial charge in [0, 0.05) is 16.7 Å². The lowest BCUT2D eigenvalue weighted by atomic mass is 9.92. The molecule has 1 aliphatic heterocycles. The fourth-order valence-electron chi connectivity index (χ4n) is 3.35. The van der Waals surface area contributed by atoms with Crippen LogP contribution in [0.1, 0.15) is 24.0 Å². The molecule has 0 N–H and O–H groups in total. The molecule has 0 radical (unpaired) electrons. The summed E-state index contributed by atoms with van der Waals surface area (Å²) in [6, 6.07) is 11.8. The maximum atomic E-state index is 12.9. The minimum absolute atomic E-state index is 0.135. The lowest BCUT2D eigenvalue weighted by molar-refractivity contribution is -0.119. The van der Waals surface area contributed by atoms with Crippen molar-refractivity contribution in [3.8, 4) is 11.5 Å². The highest BCUT2D eigenvalue weighted by Crippen LogP contribution is 2.42. The Morgan fingerprint density at radius 2 is 1.96 bits per heavy atom. The fraction of sp³-hybridized carbons (Fsp3) is 0.316. The van der Waals surface area contributed by atoms with E-state index in [1.165, 1.54) is 0 Å². The predicted octanol–water partition coefficient (Wildman–Crippen LogP) is 4.16. The van der Waals surface area contributed by atoms with Crippen molar-refractivity contribution in [1.82, 2.24) is 0 Å². The number of methoxy groups -OCH3 is 2. The van der Waals surface area contributed by atoms with Crippen molar-refractivity contribution in [3.63, 3.8) is 0 Å². The molecule has 0 fully saturated rings. The minimum atomic E-state index is -0.210. The lowest BCUT2D eigenvalue weighted by Crippen LogP contribution is -2.29. The standard InChI is InChI=1S/C19H20BrNO3/c1-4-21-16-9-8-13(20)11-14(16)15(19(21)22)10-12-6-5-7-17(23-2)18(12)24-3/h5-9,11,15H,4,10H2,1-3H3. The van der Waals surface area contributed by atoms with E-state index in [0.29, 0.717) is 24.5 Å². The predicted molar refractivity (Wildman–Crippen MR) is 98.2 cm³/mol. The molecule has 1 unspecified atom stereocenters. The molecule has 4 nitrogen and oxygen atoms in total. The van der Waals surface area contributed by atoms with Gasteiger partial charge in [-0.15, -0.1) is 0 Å². The smallest absolute Gasteiger partial charge is 0.234 e. The highest BCUT2D eigenvalue weighted by atomic mass is 79.9. The van der Waals surface area contributed by atoms with Crippen LogP contribution in [0, 0.1) is 0 Å². The van der Waals surface area contributed by atoms with Crippen molar-refractivity contribution in [2.45, 2.75) is 19.3 Å². The highest BCUT2D eigenvalue weighted by molar-refractivity contribution is 9.10. The van der Waals surface area contributed by atoms with Gasteiger partial charge < -0.3 is 14.4 Å². The molecule has 0 saturated carbocycles. The molecule has 24 heavy (non-hydrogen) atoms. The monoisotopic (exact) mass is 389 g/mol. The van der Waals surface area contributed by atoms with E-state index in [1.807, 2.05) is 48.2 Å². The summed E-state index contributed by atoms with van der Waals surface area (Å²) < 4.78 is 11.9. The Balaban J connectivity index is 2.02. The third-order valence-corrected chi connectivity index (χ3v) is 4.94. The van der Waals surface area contributed by atoms with Crippen LogP contribution in [-0.4, -0.2) is 26.7 Å². The number of fused-ring (bicyclic) bond motifs is 1. The van der Waals surface area contributed by atoms with Gasteiger partial charge in [-0.25, -0.2) is 0 Å². The summed E-state index contributed by atoms with van der Waals surface area (Å²) in [4.78, 5) is 14.7. The summed E-state index contributed by atoms with van der Waals surface area (Å²) in [5.74, 6) is 1.30. The van der Waals surface area contributed by atoms with Crippen LogP contribution in [0.2, 0.25) is 0 Å². The number of benzene rings is 2. The van der Waals surface area contributed by atoms with Gasteiger partial charge in [0.15, 0.2) is 11.5 Å². The van der Waals surface area contributed by atoms with E-state index in [0.717, 1.165) is 21.3 Å². The van der Waals surface area contributed by atoms with E-state index >= 15 is 0 Å². The molecule has 126 valence electrons. The molecular formula is C19H20BrNO3. The van der Waals surface area contributed by atoms with Gasteiger partial charge >= 0.3 is 0 Å². The van der Waals surface area contributed by atoms with Crippen molar-refractivity contribution in [2.75, 3.05) is 25.7 Å². The van der Waals surface area contributed by atoms with E-state index in [2.05, 4.69) is 15.9 Å². The molecule has 0 aliphatic carbocycles. The summed E-state index contributed by atoms with van der Waals surface area (Å²) >= 11 is 3.52. The van der Waals surface area contributed by atoms with Gasteiger partial charge in [0.25, 0.3) is 0 Å². The number of carbonyl (C=O) groups excluding carboxylic acids is 1. The Hall–Kier alpha value is -2.01. The van der Waals surface area contributed by atoms with Crippen LogP contribution in [0.25, 0.3) is 0 Å². The number of nitrogens with zero attached hydrogens (tertiary/aromatic N) is 1. The van der Waals surface area contributed by atoms with E-state index in [4.69, 9.17) is 9.47 Å². The number of para-hydroxylation sites is 1. The van der Waals surface area contributed by atoms with Crippen LogP contribution in [0.15, 0.2) is 40.9 Å². The van der Waals surface area contributed by atoms with Gasteiger partial charge in [0.2, 0.25) is 5.91 Å². The number of ether oxygens (including phenoxy) is 2. The Morgan fingerprint density at radius 1 is 1.17 bits per heavy atom. The van der Waals surface area contributed by atoms with Gasteiger partial charge in [-0.3, -0.25) is 4.79 Å². The Labute approximate surface area is 150 Å². The zero-order valence-corrected chi connectivity index (χ0v) is 15.6. The third-order valence-electron chi connectivity index (χ3n) is 4.44. The summed E-state index contributed by atoms with van der Waals surface area (Å²) in [6.45, 7) is 2.66. The molecule has 3 rings (SSSR count). The first-order chi connectivity index (χ1) is 11.6. The van der Waals surface area contributed by atoms with Crippen LogP contribution in [0.3, 0.4) is 0 Å². The first-order valence-electron chi connectivity index (χ1n) is 7.91. The number of halogens is 1. The molecule has 0 spiro atoms. The first-order valence-corrected chi connectivity index (χ1v) is 8.70.